The van der Waals surface area contributed by atoms with Crippen LogP contribution in [0.25, 0.3) is 6.08 Å². The van der Waals surface area contributed by atoms with Crippen LogP contribution in [0.2, 0.25) is 10.0 Å². The van der Waals surface area contributed by atoms with Crippen molar-refractivity contribution in [2.45, 2.75) is 11.4 Å². The van der Waals surface area contributed by atoms with E-state index in [-0.39, 0.29) is 11.8 Å². The molecule has 0 atom stereocenters. The number of carbonyl (C=O) groups is 2. The van der Waals surface area contributed by atoms with Gasteiger partial charge in [-0.2, -0.15) is 0 Å². The van der Waals surface area contributed by atoms with E-state index in [1.807, 2.05) is 30.3 Å². The van der Waals surface area contributed by atoms with Crippen LogP contribution in [-0.2, 0) is 11.3 Å². The lowest BCUT2D eigenvalue weighted by Gasteiger charge is -2.19. The van der Waals surface area contributed by atoms with E-state index in [4.69, 9.17) is 23.2 Å². The number of thioether (sulfide) groups is 1. The molecule has 0 aliphatic carbocycles. The van der Waals surface area contributed by atoms with Crippen molar-refractivity contribution in [3.8, 4) is 0 Å². The van der Waals surface area contributed by atoms with Gasteiger partial charge in [0.2, 0.25) is 0 Å². The molecule has 3 aromatic rings. The highest BCUT2D eigenvalue weighted by atomic mass is 35.5. The maximum Gasteiger partial charge on any atom is 0.262 e. The summed E-state index contributed by atoms with van der Waals surface area (Å²) in [6.07, 6.45) is 1.79. The minimum absolute atomic E-state index is 0.215. The zero-order valence-electron chi connectivity index (χ0n) is 15.6. The quantitative estimate of drug-likeness (QED) is 0.474. The van der Waals surface area contributed by atoms with Crippen molar-refractivity contribution >= 4 is 58.5 Å². The normalized spacial score (nSPS) is 14.2. The molecule has 3 aromatic carbocycles. The molecule has 150 valence electrons. The molecule has 1 aliphatic heterocycles. The van der Waals surface area contributed by atoms with E-state index in [1.165, 1.54) is 11.8 Å². The van der Waals surface area contributed by atoms with E-state index in [9.17, 15) is 9.59 Å². The molecule has 0 aromatic heterocycles. The fourth-order valence-corrected chi connectivity index (χ4v) is 4.19. The Kier molecular flexibility index (Phi) is 6.13. The first-order valence-corrected chi connectivity index (χ1v) is 10.7. The highest BCUT2D eigenvalue weighted by molar-refractivity contribution is 8.04. The highest BCUT2D eigenvalue weighted by Gasteiger charge is 2.22. The summed E-state index contributed by atoms with van der Waals surface area (Å²) >= 11 is 13.3. The molecule has 2 amide bonds. The Morgan fingerprint density at radius 3 is 2.57 bits per heavy atom. The van der Waals surface area contributed by atoms with Crippen molar-refractivity contribution < 1.29 is 9.59 Å². The predicted octanol–water partition coefficient (Wildman–Crippen LogP) is 6.01. The molecule has 0 saturated heterocycles. The Bertz CT molecular complexity index is 1160. The molecule has 30 heavy (non-hydrogen) atoms. The number of amides is 2. The molecule has 0 unspecified atom stereocenters. The molecule has 0 bridgehead atoms. The van der Waals surface area contributed by atoms with E-state index in [2.05, 4.69) is 10.6 Å². The van der Waals surface area contributed by atoms with Crippen molar-refractivity contribution in [3.05, 3.63) is 98.4 Å². The third kappa shape index (κ3) is 4.87. The average molecular weight is 455 g/mol. The van der Waals surface area contributed by atoms with Gasteiger partial charge in [-0.15, -0.1) is 0 Å². The van der Waals surface area contributed by atoms with Crippen LogP contribution in [0, 0.1) is 0 Å². The van der Waals surface area contributed by atoms with Gasteiger partial charge in [0, 0.05) is 27.0 Å². The second kappa shape index (κ2) is 8.96. The average Bonchev–Trinajstić information content (AvgIpc) is 2.73. The number of hydrogen-bond acceptors (Lipinski definition) is 3. The minimum Gasteiger partial charge on any atom is -0.348 e. The van der Waals surface area contributed by atoms with Crippen LogP contribution in [0.4, 0.5) is 5.69 Å². The standard InChI is InChI=1S/C23H16Cl2N2O2S/c24-17-7-4-14(5-8-17)13-26-22(28)16-6-9-20-19(12-16)27-23(29)21(30-20)11-15-2-1-3-18(25)10-15/h1-12H,13H2,(H,26,28)(H,27,29). The first-order chi connectivity index (χ1) is 14.5. The maximum atomic E-state index is 12.5. The molecule has 4 nitrogen and oxygen atoms in total. The third-order valence-corrected chi connectivity index (χ3v) is 6.03. The highest BCUT2D eigenvalue weighted by Crippen LogP contribution is 2.39. The second-order valence-electron chi connectivity index (χ2n) is 6.64. The number of anilines is 1. The van der Waals surface area contributed by atoms with E-state index in [1.54, 1.807) is 42.5 Å². The van der Waals surface area contributed by atoms with Gasteiger partial charge >= 0.3 is 0 Å². The van der Waals surface area contributed by atoms with E-state index in [0.29, 0.717) is 32.7 Å². The number of halogens is 2. The largest absolute Gasteiger partial charge is 0.348 e. The summed E-state index contributed by atoms with van der Waals surface area (Å²) in [5.41, 5.74) is 2.89. The minimum atomic E-state index is -0.216. The van der Waals surface area contributed by atoms with Crippen LogP contribution >= 0.6 is 35.0 Å². The Labute approximate surface area is 188 Å². The molecule has 1 heterocycles. The number of hydrogen-bond donors (Lipinski definition) is 2. The van der Waals surface area contributed by atoms with Gasteiger partial charge in [-0.1, -0.05) is 59.2 Å². The molecule has 0 fully saturated rings. The molecule has 0 radical (unpaired) electrons. The maximum absolute atomic E-state index is 12.5. The van der Waals surface area contributed by atoms with E-state index >= 15 is 0 Å². The summed E-state index contributed by atoms with van der Waals surface area (Å²) in [6, 6.07) is 19.9. The zero-order valence-corrected chi connectivity index (χ0v) is 17.9. The van der Waals surface area contributed by atoms with Crippen LogP contribution in [0.5, 0.6) is 0 Å². The predicted molar refractivity (Wildman–Crippen MR) is 123 cm³/mol. The Balaban J connectivity index is 1.48. The topological polar surface area (TPSA) is 58.2 Å². The van der Waals surface area contributed by atoms with E-state index < -0.39 is 0 Å². The van der Waals surface area contributed by atoms with Crippen molar-refractivity contribution in [2.24, 2.45) is 0 Å². The monoisotopic (exact) mass is 454 g/mol. The molecule has 0 saturated carbocycles. The Hall–Kier alpha value is -2.73. The fraction of sp³-hybridized carbons (Fsp3) is 0.0435. The molecule has 0 spiro atoms. The number of benzene rings is 3. The van der Waals surface area contributed by atoms with Gasteiger partial charge in [-0.3, -0.25) is 9.59 Å². The summed E-state index contributed by atoms with van der Waals surface area (Å²) < 4.78 is 0. The lowest BCUT2D eigenvalue weighted by molar-refractivity contribution is -0.112. The molecule has 2 N–H and O–H groups in total. The van der Waals surface area contributed by atoms with Crippen LogP contribution in [0.15, 0.2) is 76.5 Å². The number of fused-ring (bicyclic) bond motifs is 1. The van der Waals surface area contributed by atoms with Gasteiger partial charge in [-0.05, 0) is 59.7 Å². The smallest absolute Gasteiger partial charge is 0.262 e. The first-order valence-electron chi connectivity index (χ1n) is 9.11. The van der Waals surface area contributed by atoms with Crippen LogP contribution < -0.4 is 10.6 Å². The lowest BCUT2D eigenvalue weighted by Crippen LogP contribution is -2.23. The lowest BCUT2D eigenvalue weighted by atomic mass is 10.1. The summed E-state index contributed by atoms with van der Waals surface area (Å²) in [5.74, 6) is -0.432. The van der Waals surface area contributed by atoms with Gasteiger partial charge in [0.25, 0.3) is 11.8 Å². The van der Waals surface area contributed by atoms with Crippen molar-refractivity contribution in [3.63, 3.8) is 0 Å². The molecule has 4 rings (SSSR count). The Morgan fingerprint density at radius 2 is 1.80 bits per heavy atom. The number of nitrogens with one attached hydrogen (secondary N) is 2. The van der Waals surface area contributed by atoms with Gasteiger partial charge in [0.15, 0.2) is 0 Å². The third-order valence-electron chi connectivity index (χ3n) is 4.45. The Morgan fingerprint density at radius 1 is 1.00 bits per heavy atom. The van der Waals surface area contributed by atoms with E-state index in [0.717, 1.165) is 16.0 Å². The number of rotatable bonds is 4. The van der Waals surface area contributed by atoms with Gasteiger partial charge < -0.3 is 10.6 Å². The molecule has 7 heteroatoms. The SMILES string of the molecule is O=C1Nc2cc(C(=O)NCc3ccc(Cl)cc3)ccc2SC1=Cc1cccc(Cl)c1. The van der Waals surface area contributed by atoms with Gasteiger partial charge in [-0.25, -0.2) is 0 Å². The van der Waals surface area contributed by atoms with Crippen LogP contribution in [-0.4, -0.2) is 11.8 Å². The second-order valence-corrected chi connectivity index (χ2v) is 8.60. The van der Waals surface area contributed by atoms with Gasteiger partial charge in [0.1, 0.15) is 0 Å². The van der Waals surface area contributed by atoms with Crippen molar-refractivity contribution in [1.82, 2.24) is 5.32 Å². The first kappa shape index (κ1) is 20.5. The molecule has 1 aliphatic rings. The fourth-order valence-electron chi connectivity index (χ4n) is 2.94. The zero-order chi connectivity index (χ0) is 21.1. The van der Waals surface area contributed by atoms with Gasteiger partial charge in [0.05, 0.1) is 10.6 Å². The summed E-state index contributed by atoms with van der Waals surface area (Å²) in [7, 11) is 0. The number of carbonyl (C=O) groups excluding carboxylic acids is 2. The van der Waals surface area contributed by atoms with Crippen LogP contribution in [0.3, 0.4) is 0 Å². The summed E-state index contributed by atoms with van der Waals surface area (Å²) in [6.45, 7) is 0.390. The van der Waals surface area contributed by atoms with Crippen LogP contribution in [0.1, 0.15) is 21.5 Å². The molecular formula is C23H16Cl2N2O2S. The van der Waals surface area contributed by atoms with Crippen molar-refractivity contribution in [2.75, 3.05) is 5.32 Å². The summed E-state index contributed by atoms with van der Waals surface area (Å²) in [4.78, 5) is 26.5. The molecular weight excluding hydrogens is 439 g/mol. The van der Waals surface area contributed by atoms with Crippen molar-refractivity contribution in [1.29, 1.82) is 0 Å². The summed E-state index contributed by atoms with van der Waals surface area (Å²) in [5, 5.41) is 7.00.